The van der Waals surface area contributed by atoms with Crippen molar-refractivity contribution in [3.05, 3.63) is 46.8 Å². The zero-order chi connectivity index (χ0) is 13.3. The molecule has 0 fully saturated rings. The van der Waals surface area contributed by atoms with E-state index in [0.29, 0.717) is 5.56 Å². The normalized spacial score (nSPS) is 11.4. The van der Waals surface area contributed by atoms with Gasteiger partial charge in [-0.15, -0.1) is 0 Å². The number of nitro benzene ring substituents is 1. The zero-order valence-electron chi connectivity index (χ0n) is 9.35. The minimum Gasteiger partial charge on any atom is -0.258 e. The predicted molar refractivity (Wildman–Crippen MR) is 64.6 cm³/mol. The Labute approximate surface area is 103 Å². The lowest BCUT2D eigenvalue weighted by molar-refractivity contribution is -0.384. The van der Waals surface area contributed by atoms with Gasteiger partial charge in [0.2, 0.25) is 10.0 Å². The van der Waals surface area contributed by atoms with Gasteiger partial charge in [-0.25, -0.2) is 17.4 Å². The minimum absolute atomic E-state index is 0.115. The summed E-state index contributed by atoms with van der Waals surface area (Å²) in [6.45, 7) is 0. The summed E-state index contributed by atoms with van der Waals surface area (Å²) in [5, 5.41) is 10.7. The van der Waals surface area contributed by atoms with Gasteiger partial charge in [-0.1, -0.05) is 12.1 Å². The molecule has 18 heavy (non-hydrogen) atoms. The van der Waals surface area contributed by atoms with Gasteiger partial charge in [0.25, 0.3) is 5.69 Å². The lowest BCUT2D eigenvalue weighted by Gasteiger charge is -2.04. The molecule has 8 heteroatoms. The SMILES string of the molecule is CS(=O)(=O)n1ccnc1-c1cccc([N+](=O)[O-])c1. The van der Waals surface area contributed by atoms with Crippen LogP contribution in [0.25, 0.3) is 11.4 Å². The Hall–Kier alpha value is -2.22. The van der Waals surface area contributed by atoms with Gasteiger partial charge in [0.05, 0.1) is 11.2 Å². The van der Waals surface area contributed by atoms with Gasteiger partial charge >= 0.3 is 0 Å². The Morgan fingerprint density at radius 2 is 2.11 bits per heavy atom. The number of nitrogens with zero attached hydrogens (tertiary/aromatic N) is 3. The van der Waals surface area contributed by atoms with E-state index in [4.69, 9.17) is 0 Å². The van der Waals surface area contributed by atoms with Crippen LogP contribution in [0.2, 0.25) is 0 Å². The molecule has 0 aliphatic carbocycles. The number of imidazole rings is 1. The van der Waals surface area contributed by atoms with Crippen LogP contribution in [0.15, 0.2) is 36.7 Å². The highest BCUT2D eigenvalue weighted by molar-refractivity contribution is 7.89. The average Bonchev–Trinajstić information content (AvgIpc) is 2.77. The van der Waals surface area contributed by atoms with Crippen molar-refractivity contribution in [2.75, 3.05) is 6.26 Å². The summed E-state index contributed by atoms with van der Waals surface area (Å²) in [6.07, 6.45) is 3.66. The third kappa shape index (κ3) is 2.23. The maximum atomic E-state index is 11.5. The number of hydrogen-bond acceptors (Lipinski definition) is 5. The number of rotatable bonds is 3. The predicted octanol–water partition coefficient (Wildman–Crippen LogP) is 1.27. The highest BCUT2D eigenvalue weighted by atomic mass is 32.2. The van der Waals surface area contributed by atoms with E-state index >= 15 is 0 Å². The molecule has 0 unspecified atom stereocenters. The summed E-state index contributed by atoms with van der Waals surface area (Å²) < 4.78 is 24.0. The van der Waals surface area contributed by atoms with Crippen molar-refractivity contribution in [3.63, 3.8) is 0 Å². The molecule has 0 amide bonds. The summed E-state index contributed by atoms with van der Waals surface area (Å²) in [7, 11) is -3.49. The monoisotopic (exact) mass is 267 g/mol. The van der Waals surface area contributed by atoms with E-state index in [1.165, 1.54) is 30.6 Å². The highest BCUT2D eigenvalue weighted by Crippen LogP contribution is 2.23. The third-order valence-electron chi connectivity index (χ3n) is 2.28. The largest absolute Gasteiger partial charge is 0.270 e. The quantitative estimate of drug-likeness (QED) is 0.616. The molecule has 2 rings (SSSR count). The van der Waals surface area contributed by atoms with Gasteiger partial charge in [0.15, 0.2) is 5.82 Å². The second-order valence-corrected chi connectivity index (χ2v) is 5.48. The number of non-ortho nitro benzene ring substituents is 1. The van der Waals surface area contributed by atoms with Gasteiger partial charge in [-0.05, 0) is 0 Å². The Morgan fingerprint density at radius 3 is 2.72 bits per heavy atom. The van der Waals surface area contributed by atoms with E-state index in [-0.39, 0.29) is 11.5 Å². The molecule has 2 aromatic rings. The second kappa shape index (κ2) is 4.22. The molecule has 1 aromatic carbocycles. The summed E-state index contributed by atoms with van der Waals surface area (Å²) in [5.74, 6) is 0.154. The minimum atomic E-state index is -3.49. The van der Waals surface area contributed by atoms with Crippen LogP contribution in [0, 0.1) is 10.1 Å². The third-order valence-corrected chi connectivity index (χ3v) is 3.29. The van der Waals surface area contributed by atoms with Crippen LogP contribution in [0.1, 0.15) is 0 Å². The fraction of sp³-hybridized carbons (Fsp3) is 0.100. The molecule has 0 spiro atoms. The van der Waals surface area contributed by atoms with Crippen molar-refractivity contribution in [1.29, 1.82) is 0 Å². The van der Waals surface area contributed by atoms with Crippen molar-refractivity contribution in [2.24, 2.45) is 0 Å². The molecule has 0 saturated heterocycles. The van der Waals surface area contributed by atoms with Crippen LogP contribution >= 0.6 is 0 Å². The number of nitro groups is 1. The number of aromatic nitrogens is 2. The van der Waals surface area contributed by atoms with Gasteiger partial charge in [-0.3, -0.25) is 10.1 Å². The van der Waals surface area contributed by atoms with Crippen LogP contribution in [-0.2, 0) is 10.0 Å². The lowest BCUT2D eigenvalue weighted by atomic mass is 10.2. The van der Waals surface area contributed by atoms with Crippen LogP contribution in [0.5, 0.6) is 0 Å². The Kier molecular flexibility index (Phi) is 2.87. The van der Waals surface area contributed by atoms with Crippen molar-refractivity contribution in [1.82, 2.24) is 8.96 Å². The van der Waals surface area contributed by atoms with Crippen molar-refractivity contribution < 1.29 is 13.3 Å². The number of hydrogen-bond donors (Lipinski definition) is 0. The molecular weight excluding hydrogens is 258 g/mol. The van der Waals surface area contributed by atoms with E-state index in [0.717, 1.165) is 10.2 Å². The van der Waals surface area contributed by atoms with Crippen molar-refractivity contribution >= 4 is 15.7 Å². The Morgan fingerprint density at radius 1 is 1.39 bits per heavy atom. The highest BCUT2D eigenvalue weighted by Gasteiger charge is 2.15. The molecule has 0 aliphatic rings. The molecule has 1 heterocycles. The maximum Gasteiger partial charge on any atom is 0.270 e. The van der Waals surface area contributed by atoms with Gasteiger partial charge in [0, 0.05) is 30.1 Å². The molecule has 0 aliphatic heterocycles. The van der Waals surface area contributed by atoms with Crippen molar-refractivity contribution in [3.8, 4) is 11.4 Å². The molecule has 0 bridgehead atoms. The van der Waals surface area contributed by atoms with Gasteiger partial charge < -0.3 is 0 Å². The summed E-state index contributed by atoms with van der Waals surface area (Å²) >= 11 is 0. The van der Waals surface area contributed by atoms with Crippen LogP contribution < -0.4 is 0 Å². The first-order chi connectivity index (χ1) is 8.39. The molecule has 0 atom stereocenters. The fourth-order valence-electron chi connectivity index (χ4n) is 1.52. The van der Waals surface area contributed by atoms with Crippen LogP contribution in [0.3, 0.4) is 0 Å². The van der Waals surface area contributed by atoms with E-state index in [1.807, 2.05) is 0 Å². The van der Waals surface area contributed by atoms with Gasteiger partial charge in [-0.2, -0.15) is 0 Å². The first-order valence-corrected chi connectivity index (χ1v) is 6.73. The fourth-order valence-corrected chi connectivity index (χ4v) is 2.26. The van der Waals surface area contributed by atoms with E-state index in [9.17, 15) is 18.5 Å². The molecule has 0 saturated carbocycles. The average molecular weight is 267 g/mol. The Bertz CT molecular complexity index is 705. The molecule has 0 radical (unpaired) electrons. The Balaban J connectivity index is 2.60. The molecule has 0 N–H and O–H groups in total. The van der Waals surface area contributed by atoms with E-state index in [2.05, 4.69) is 4.98 Å². The van der Waals surface area contributed by atoms with Crippen molar-refractivity contribution in [2.45, 2.75) is 0 Å². The lowest BCUT2D eigenvalue weighted by Crippen LogP contribution is -2.10. The van der Waals surface area contributed by atoms with Crippen LogP contribution in [0.4, 0.5) is 5.69 Å². The standard InChI is InChI=1S/C10H9N3O4S/c1-18(16,17)12-6-5-11-10(12)8-3-2-4-9(7-8)13(14)15/h2-7H,1H3. The summed E-state index contributed by atoms with van der Waals surface area (Å²) in [5.41, 5.74) is 0.259. The number of benzene rings is 1. The maximum absolute atomic E-state index is 11.5. The topological polar surface area (TPSA) is 95.1 Å². The summed E-state index contributed by atoms with van der Waals surface area (Å²) in [6, 6.07) is 5.66. The smallest absolute Gasteiger partial charge is 0.258 e. The molecule has 1 aromatic heterocycles. The van der Waals surface area contributed by atoms with E-state index in [1.54, 1.807) is 6.07 Å². The molecular formula is C10H9N3O4S. The van der Waals surface area contributed by atoms with E-state index < -0.39 is 14.9 Å². The molecule has 7 nitrogen and oxygen atoms in total. The zero-order valence-corrected chi connectivity index (χ0v) is 10.2. The van der Waals surface area contributed by atoms with Gasteiger partial charge in [0.1, 0.15) is 0 Å². The van der Waals surface area contributed by atoms with Crippen LogP contribution in [-0.4, -0.2) is 28.6 Å². The first kappa shape index (κ1) is 12.2. The first-order valence-electron chi connectivity index (χ1n) is 4.88. The molecule has 94 valence electrons. The second-order valence-electron chi connectivity index (χ2n) is 3.62. The summed E-state index contributed by atoms with van der Waals surface area (Å²) in [4.78, 5) is 14.0.